The number of nitrogens with one attached hydrogen (secondary N) is 2. The third-order valence-corrected chi connectivity index (χ3v) is 4.44. The maximum atomic E-state index is 13.1. The Morgan fingerprint density at radius 2 is 1.71 bits per heavy atom. The number of hydrogen-bond acceptors (Lipinski definition) is 6. The van der Waals surface area contributed by atoms with E-state index in [-0.39, 0.29) is 17.1 Å². The number of nitro groups is 1. The topological polar surface area (TPSA) is 114 Å². The first-order valence-electron chi connectivity index (χ1n) is 9.06. The Bertz CT molecular complexity index is 1010. The number of nitrogens with zero attached hydrogens (tertiary/aromatic N) is 2. The number of anilines is 3. The van der Waals surface area contributed by atoms with Crippen molar-refractivity contribution < 1.29 is 32.4 Å². The molecule has 2 amide bonds. The number of non-ortho nitro benzene ring substituents is 1. The van der Waals surface area contributed by atoms with Crippen molar-refractivity contribution in [2.75, 3.05) is 41.8 Å². The molecular formula is C19H17F3N4O5. The second-order valence-electron chi connectivity index (χ2n) is 6.54. The van der Waals surface area contributed by atoms with E-state index in [2.05, 4.69) is 10.6 Å². The number of alkyl halides is 3. The van der Waals surface area contributed by atoms with E-state index in [0.29, 0.717) is 32.0 Å². The Kier molecular flexibility index (Phi) is 6.39. The molecule has 2 N–H and O–H groups in total. The molecule has 0 atom stereocenters. The van der Waals surface area contributed by atoms with Gasteiger partial charge in [-0.05, 0) is 24.3 Å². The fraction of sp³-hybridized carbons (Fsp3) is 0.263. The lowest BCUT2D eigenvalue weighted by Crippen LogP contribution is -2.37. The zero-order valence-electron chi connectivity index (χ0n) is 15.9. The van der Waals surface area contributed by atoms with Gasteiger partial charge in [0.05, 0.1) is 35.1 Å². The van der Waals surface area contributed by atoms with Crippen molar-refractivity contribution in [1.29, 1.82) is 0 Å². The minimum Gasteiger partial charge on any atom is -0.378 e. The summed E-state index contributed by atoms with van der Waals surface area (Å²) in [7, 11) is 0. The predicted molar refractivity (Wildman–Crippen MR) is 105 cm³/mol. The van der Waals surface area contributed by atoms with E-state index in [9.17, 15) is 32.9 Å². The summed E-state index contributed by atoms with van der Waals surface area (Å²) in [6, 6.07) is 7.77. The molecule has 1 fully saturated rings. The second-order valence-corrected chi connectivity index (χ2v) is 6.54. The summed E-state index contributed by atoms with van der Waals surface area (Å²) in [5, 5.41) is 15.2. The first-order chi connectivity index (χ1) is 14.6. The highest BCUT2D eigenvalue weighted by atomic mass is 19.4. The van der Waals surface area contributed by atoms with Gasteiger partial charge in [0.1, 0.15) is 0 Å². The first-order valence-corrected chi connectivity index (χ1v) is 9.06. The SMILES string of the molecule is O=C(Nc1cccc([N+](=O)[O-])c1)C(=O)Nc1cc(C(F)(F)F)ccc1N1CCOCC1. The molecule has 2 aromatic carbocycles. The van der Waals surface area contributed by atoms with Crippen LogP contribution in [0.1, 0.15) is 5.56 Å². The third-order valence-electron chi connectivity index (χ3n) is 4.44. The molecular weight excluding hydrogens is 421 g/mol. The molecule has 12 heteroatoms. The molecule has 31 heavy (non-hydrogen) atoms. The third kappa shape index (κ3) is 5.48. The molecule has 3 rings (SSSR count). The Morgan fingerprint density at radius 1 is 1.03 bits per heavy atom. The molecule has 2 aromatic rings. The highest BCUT2D eigenvalue weighted by molar-refractivity contribution is 6.44. The Balaban J connectivity index is 1.82. The summed E-state index contributed by atoms with van der Waals surface area (Å²) in [6.45, 7) is 1.52. The van der Waals surface area contributed by atoms with Gasteiger partial charge in [0.2, 0.25) is 0 Å². The molecule has 0 unspecified atom stereocenters. The number of ether oxygens (including phenoxy) is 1. The number of hydrogen-bond donors (Lipinski definition) is 2. The fourth-order valence-corrected chi connectivity index (χ4v) is 2.96. The fourth-order valence-electron chi connectivity index (χ4n) is 2.96. The summed E-state index contributed by atoms with van der Waals surface area (Å²) in [5.41, 5.74) is -1.17. The lowest BCUT2D eigenvalue weighted by atomic mass is 10.1. The smallest absolute Gasteiger partial charge is 0.378 e. The summed E-state index contributed by atoms with van der Waals surface area (Å²) in [5.74, 6) is -2.41. The van der Waals surface area contributed by atoms with E-state index in [4.69, 9.17) is 4.74 Å². The van der Waals surface area contributed by atoms with Gasteiger partial charge >= 0.3 is 18.0 Å². The molecule has 1 saturated heterocycles. The van der Waals surface area contributed by atoms with Crippen LogP contribution in [0, 0.1) is 10.1 Å². The average molecular weight is 438 g/mol. The number of amides is 2. The van der Waals surface area contributed by atoms with E-state index in [1.54, 1.807) is 4.90 Å². The van der Waals surface area contributed by atoms with Gasteiger partial charge < -0.3 is 20.3 Å². The molecule has 0 spiro atoms. The van der Waals surface area contributed by atoms with Crippen LogP contribution in [0.2, 0.25) is 0 Å². The van der Waals surface area contributed by atoms with Crippen molar-refractivity contribution in [1.82, 2.24) is 0 Å². The van der Waals surface area contributed by atoms with Crippen LogP contribution in [0.3, 0.4) is 0 Å². The van der Waals surface area contributed by atoms with Crippen LogP contribution in [0.25, 0.3) is 0 Å². The largest absolute Gasteiger partial charge is 0.416 e. The Hall–Kier alpha value is -3.67. The van der Waals surface area contributed by atoms with Gasteiger partial charge in [-0.3, -0.25) is 19.7 Å². The van der Waals surface area contributed by atoms with E-state index in [0.717, 1.165) is 18.2 Å². The zero-order chi connectivity index (χ0) is 22.6. The predicted octanol–water partition coefficient (Wildman–Crippen LogP) is 3.03. The van der Waals surface area contributed by atoms with Crippen molar-refractivity contribution in [2.45, 2.75) is 6.18 Å². The maximum absolute atomic E-state index is 13.1. The zero-order valence-corrected chi connectivity index (χ0v) is 15.9. The normalized spacial score (nSPS) is 14.1. The maximum Gasteiger partial charge on any atom is 0.416 e. The van der Waals surface area contributed by atoms with E-state index >= 15 is 0 Å². The van der Waals surface area contributed by atoms with Crippen molar-refractivity contribution in [3.63, 3.8) is 0 Å². The number of benzene rings is 2. The Labute approximate surface area is 173 Å². The lowest BCUT2D eigenvalue weighted by molar-refractivity contribution is -0.384. The minimum atomic E-state index is -4.64. The lowest BCUT2D eigenvalue weighted by Gasteiger charge is -2.31. The van der Waals surface area contributed by atoms with Crippen LogP contribution < -0.4 is 15.5 Å². The van der Waals surface area contributed by atoms with Crippen molar-refractivity contribution in [2.24, 2.45) is 0 Å². The number of nitro benzene ring substituents is 1. The number of carbonyl (C=O) groups is 2. The molecule has 9 nitrogen and oxygen atoms in total. The van der Waals surface area contributed by atoms with Crippen LogP contribution in [0.4, 0.5) is 35.9 Å². The summed E-state index contributed by atoms with van der Waals surface area (Å²) < 4.78 is 44.7. The first kappa shape index (κ1) is 22.0. The van der Waals surface area contributed by atoms with Crippen molar-refractivity contribution >= 4 is 34.6 Å². The van der Waals surface area contributed by atoms with Crippen LogP contribution >= 0.6 is 0 Å². The summed E-state index contributed by atoms with van der Waals surface area (Å²) >= 11 is 0. The molecule has 0 aliphatic carbocycles. The van der Waals surface area contributed by atoms with Gasteiger partial charge in [0, 0.05) is 30.9 Å². The summed E-state index contributed by atoms with van der Waals surface area (Å²) in [4.78, 5) is 36.5. The molecule has 1 aliphatic heterocycles. The Morgan fingerprint density at radius 3 is 2.35 bits per heavy atom. The molecule has 0 saturated carbocycles. The molecule has 0 aromatic heterocycles. The number of morpholine rings is 1. The number of rotatable bonds is 4. The van der Waals surface area contributed by atoms with Crippen molar-refractivity contribution in [3.8, 4) is 0 Å². The van der Waals surface area contributed by atoms with Gasteiger partial charge in [-0.2, -0.15) is 13.2 Å². The molecule has 0 radical (unpaired) electrons. The average Bonchev–Trinajstić information content (AvgIpc) is 2.73. The highest BCUT2D eigenvalue weighted by Crippen LogP contribution is 2.35. The molecule has 1 aliphatic rings. The van der Waals surface area contributed by atoms with E-state index in [1.807, 2.05) is 0 Å². The highest BCUT2D eigenvalue weighted by Gasteiger charge is 2.32. The monoisotopic (exact) mass is 438 g/mol. The number of halogens is 3. The van der Waals surface area contributed by atoms with Gasteiger partial charge in [0.15, 0.2) is 0 Å². The minimum absolute atomic E-state index is 0.00760. The molecule has 1 heterocycles. The van der Waals surface area contributed by atoms with Crippen LogP contribution in [-0.2, 0) is 20.5 Å². The quantitative estimate of drug-likeness (QED) is 0.431. The van der Waals surface area contributed by atoms with E-state index in [1.165, 1.54) is 24.3 Å². The van der Waals surface area contributed by atoms with Gasteiger partial charge in [-0.25, -0.2) is 0 Å². The standard InChI is InChI=1S/C19H17F3N4O5/c20-19(21,22)12-4-5-16(25-6-8-31-9-7-25)15(10-12)24-18(28)17(27)23-13-2-1-3-14(11-13)26(29)30/h1-5,10-11H,6-9H2,(H,23,27)(H,24,28). The number of carbonyl (C=O) groups excluding carboxylic acids is 2. The van der Waals surface area contributed by atoms with Gasteiger partial charge in [0.25, 0.3) is 5.69 Å². The van der Waals surface area contributed by atoms with Crippen LogP contribution in [0.5, 0.6) is 0 Å². The van der Waals surface area contributed by atoms with Crippen LogP contribution in [-0.4, -0.2) is 43.0 Å². The van der Waals surface area contributed by atoms with Crippen LogP contribution in [0.15, 0.2) is 42.5 Å². The van der Waals surface area contributed by atoms with E-state index < -0.39 is 28.5 Å². The van der Waals surface area contributed by atoms with Crippen molar-refractivity contribution in [3.05, 3.63) is 58.1 Å². The molecule has 0 bridgehead atoms. The molecule has 164 valence electrons. The summed E-state index contributed by atoms with van der Waals surface area (Å²) in [6.07, 6.45) is -4.64. The second kappa shape index (κ2) is 9.00. The van der Waals surface area contributed by atoms with Gasteiger partial charge in [-0.1, -0.05) is 6.07 Å². The van der Waals surface area contributed by atoms with Gasteiger partial charge in [-0.15, -0.1) is 0 Å².